The van der Waals surface area contributed by atoms with Crippen molar-refractivity contribution in [1.29, 1.82) is 0 Å². The Morgan fingerprint density at radius 3 is 0.700 bits per heavy atom. The third-order valence-electron chi connectivity index (χ3n) is 22.3. The van der Waals surface area contributed by atoms with Gasteiger partial charge in [-0.15, -0.1) is 0 Å². The summed E-state index contributed by atoms with van der Waals surface area (Å²) in [5.41, 5.74) is -1.35. The summed E-state index contributed by atoms with van der Waals surface area (Å²) in [6, 6.07) is 42.8. The zero-order chi connectivity index (χ0) is 84.4. The number of nitrogens with zero attached hydrogens (tertiary/aromatic N) is 6. The third kappa shape index (κ3) is 14.2. The van der Waals surface area contributed by atoms with Gasteiger partial charge < -0.3 is 28.7 Å². The van der Waals surface area contributed by atoms with Gasteiger partial charge in [0.1, 0.15) is 0 Å². The lowest BCUT2D eigenvalue weighted by Gasteiger charge is -2.15. The van der Waals surface area contributed by atoms with Gasteiger partial charge in [-0.3, -0.25) is 0 Å². The molecule has 3 N–H and O–H groups in total. The number of aryl methyl sites for hydroxylation is 3. The van der Waals surface area contributed by atoms with Crippen LogP contribution in [0.3, 0.4) is 0 Å². The number of aromatic nitrogens is 6. The van der Waals surface area contributed by atoms with Crippen molar-refractivity contribution in [2.45, 2.75) is 138 Å². The number of rotatable bonds is 21. The minimum atomic E-state index is -2.41. The molecule has 0 fully saturated rings. The van der Waals surface area contributed by atoms with Gasteiger partial charge in [-0.2, -0.15) is 0 Å². The number of aliphatic imine (C=N–C) groups is 3. The molecule has 0 atom stereocenters. The summed E-state index contributed by atoms with van der Waals surface area (Å²) >= 11 is 0. The number of H-pyrrole nitrogens is 3. The first kappa shape index (κ1) is 81.2. The summed E-state index contributed by atoms with van der Waals surface area (Å²) in [7, 11) is 0. The van der Waals surface area contributed by atoms with Crippen molar-refractivity contribution < 1.29 is 65.9 Å². The molecule has 12 aromatic rings. The Balaban J connectivity index is 1.17. The Bertz CT molecular complexity index is 6430. The van der Waals surface area contributed by atoms with Crippen LogP contribution in [0.5, 0.6) is 0 Å². The van der Waals surface area contributed by atoms with Crippen LogP contribution < -0.4 is 32.1 Å². The smallest absolute Gasteiger partial charge is 0.200 e. The lowest BCUT2D eigenvalue weighted by Crippen LogP contribution is -2.24. The van der Waals surface area contributed by atoms with Gasteiger partial charge >= 0.3 is 0 Å². The molecule has 0 aliphatic carbocycles. The predicted molar refractivity (Wildman–Crippen MR) is 433 cm³/mol. The fraction of sp³-hybridized carbons (Fsp3) is 0.219. The van der Waals surface area contributed by atoms with Crippen molar-refractivity contribution in [3.8, 4) is 0 Å². The minimum Gasteiger partial charge on any atom is -0.353 e. The van der Waals surface area contributed by atoms with Gasteiger partial charge in [0.15, 0.2) is 69.8 Å². The molecular formula is C96H78F15N9. The van der Waals surface area contributed by atoms with E-state index in [1.54, 1.807) is 72.8 Å². The lowest BCUT2D eigenvalue weighted by atomic mass is 9.91. The molecular weight excluding hydrogens is 1560 g/mol. The van der Waals surface area contributed by atoms with Crippen LogP contribution in [0.2, 0.25) is 0 Å². The molecule has 9 nitrogen and oxygen atoms in total. The van der Waals surface area contributed by atoms with Gasteiger partial charge in [0.05, 0.1) is 115 Å². The molecule has 24 heteroatoms. The molecule has 4 aliphatic rings. The van der Waals surface area contributed by atoms with Crippen LogP contribution in [0.15, 0.2) is 196 Å². The molecule has 0 spiro atoms. The molecule has 16 rings (SSSR count). The standard InChI is InChI=1S/C96H78F15N9/c1-7-22-52-40-58-64-34-35-65(118(64)46-49-28-16-13-17-29-49)60-42-54(24-9-3)93(114-60)74(71-78(99)84(105)89(110)85(106)79(71)100)94-56(26-11-5)44-62(116-94)68-38-39-69(120(68)48-51-32-20-15-21-33-51)63-45-57(27-12-6)96(117-63)75(72-80(101)86(107)90(111)87(108)81(72)102)95-55(25-10-4)43-61(115-95)67-37-36-66(119(67)47-50-30-18-14-19-31-50)59-41-53(23-8-2)92(113-59)73(91(52)112-58)70-76(97)82(103)88(109)83(104)77(70)98/h13-21,28-45,112,115-116H,7-12,22-27,46-48H2,1-6H3. The van der Waals surface area contributed by atoms with E-state index in [1.807, 2.05) is 146 Å². The van der Waals surface area contributed by atoms with Gasteiger partial charge in [0.25, 0.3) is 0 Å². The molecule has 10 heterocycles. The predicted octanol–water partition coefficient (Wildman–Crippen LogP) is 18.9. The molecule has 0 radical (unpaired) electrons. The molecule has 4 aliphatic heterocycles. The van der Waals surface area contributed by atoms with E-state index >= 15 is 65.9 Å². The maximum Gasteiger partial charge on any atom is 0.200 e. The van der Waals surface area contributed by atoms with Crippen LogP contribution in [0.1, 0.15) is 149 Å². The van der Waals surface area contributed by atoms with Crippen LogP contribution >= 0.6 is 0 Å². The van der Waals surface area contributed by atoms with E-state index < -0.39 is 121 Å². The van der Waals surface area contributed by atoms with Gasteiger partial charge in [0.2, 0.25) is 17.5 Å². The normalized spacial score (nSPS) is 14.1. The van der Waals surface area contributed by atoms with E-state index in [2.05, 4.69) is 15.0 Å². The Morgan fingerprint density at radius 1 is 0.258 bits per heavy atom. The summed E-state index contributed by atoms with van der Waals surface area (Å²) < 4.78 is 256. The number of hydrogen-bond donors (Lipinski definition) is 3. The van der Waals surface area contributed by atoms with Crippen LogP contribution in [-0.2, 0) is 38.9 Å². The average molecular weight is 1640 g/mol. The highest BCUT2D eigenvalue weighted by Gasteiger charge is 2.38. The maximum absolute atomic E-state index is 17.5. The van der Waals surface area contributed by atoms with Gasteiger partial charge in [0, 0.05) is 36.4 Å². The number of benzene rings is 6. The van der Waals surface area contributed by atoms with Crippen molar-refractivity contribution in [3.63, 3.8) is 0 Å². The lowest BCUT2D eigenvalue weighted by molar-refractivity contribution is 0.376. The highest BCUT2D eigenvalue weighted by atomic mass is 19.2. The van der Waals surface area contributed by atoms with Crippen LogP contribution in [0, 0.1) is 119 Å². The quantitative estimate of drug-likeness (QED) is 0.0363. The number of allylic oxidation sites excluding steroid dienone is 3. The van der Waals surface area contributed by atoms with E-state index in [1.165, 1.54) is 0 Å². The Labute approximate surface area is 677 Å². The number of fused-ring (bicyclic) bond motifs is 15. The van der Waals surface area contributed by atoms with Crippen LogP contribution in [0.4, 0.5) is 65.9 Å². The van der Waals surface area contributed by atoms with E-state index in [9.17, 15) is 0 Å². The molecule has 18 bridgehead atoms. The van der Waals surface area contributed by atoms with Gasteiger partial charge in [-0.05, 0) is 161 Å². The third-order valence-corrected chi connectivity index (χ3v) is 22.3. The Kier molecular flexibility index (Phi) is 22.5. The van der Waals surface area contributed by atoms with Crippen LogP contribution in [-0.4, -0.2) is 45.8 Å². The summed E-state index contributed by atoms with van der Waals surface area (Å²) in [6.07, 6.45) is 7.88. The Hall–Kier alpha value is -12.6. The van der Waals surface area contributed by atoms with E-state index in [4.69, 9.17) is 15.0 Å². The van der Waals surface area contributed by atoms with Crippen molar-refractivity contribution in [2.75, 3.05) is 0 Å². The number of hydrogen-bond acceptors (Lipinski definition) is 3. The monoisotopic (exact) mass is 1640 g/mol. The van der Waals surface area contributed by atoms with Gasteiger partial charge in [-0.1, -0.05) is 171 Å². The first-order valence-electron chi connectivity index (χ1n) is 40.1. The van der Waals surface area contributed by atoms with Crippen molar-refractivity contribution >= 4 is 50.9 Å². The average Bonchev–Trinajstić information content (AvgIpc) is 1.66. The maximum atomic E-state index is 17.5. The molecule has 120 heavy (non-hydrogen) atoms. The summed E-state index contributed by atoms with van der Waals surface area (Å²) in [5, 5.41) is 2.63. The van der Waals surface area contributed by atoms with E-state index in [-0.39, 0.29) is 124 Å². The second-order valence-electron chi connectivity index (χ2n) is 30.3. The first-order valence-corrected chi connectivity index (χ1v) is 40.1. The first-order chi connectivity index (χ1) is 58.0. The fourth-order valence-electron chi connectivity index (χ4n) is 16.9. The van der Waals surface area contributed by atoms with E-state index in [0.29, 0.717) is 104 Å². The molecule has 0 saturated carbocycles. The van der Waals surface area contributed by atoms with Crippen molar-refractivity contribution in [2.24, 2.45) is 15.0 Å². The molecule has 0 saturated heterocycles. The van der Waals surface area contributed by atoms with Crippen LogP contribution in [0.25, 0.3) is 33.8 Å². The minimum absolute atomic E-state index is 0.0455. The number of nitrogens with one attached hydrogen (secondary N) is 3. The summed E-state index contributed by atoms with van der Waals surface area (Å²) in [5.74, 6) is -33.6. The molecule has 6 aromatic heterocycles. The second kappa shape index (κ2) is 33.3. The molecule has 0 unspecified atom stereocenters. The second-order valence-corrected chi connectivity index (χ2v) is 30.3. The van der Waals surface area contributed by atoms with Gasteiger partial charge in [-0.25, -0.2) is 80.8 Å². The van der Waals surface area contributed by atoms with Crippen molar-refractivity contribution in [1.82, 2.24) is 28.7 Å². The zero-order valence-electron chi connectivity index (χ0n) is 66.0. The zero-order valence-corrected chi connectivity index (χ0v) is 66.0. The topological polar surface area (TPSA) is 99.2 Å². The molecule has 0 amide bonds. The van der Waals surface area contributed by atoms with E-state index in [0.717, 1.165) is 16.7 Å². The van der Waals surface area contributed by atoms with Crippen molar-refractivity contribution in [3.05, 3.63) is 382 Å². The molecule has 612 valence electrons. The number of halogens is 15. The highest BCUT2D eigenvalue weighted by molar-refractivity contribution is 6.36. The summed E-state index contributed by atoms with van der Waals surface area (Å²) in [4.78, 5) is 26.0. The highest BCUT2D eigenvalue weighted by Crippen LogP contribution is 2.39. The summed E-state index contributed by atoms with van der Waals surface area (Å²) in [6.45, 7) is 11.1. The molecule has 6 aromatic carbocycles. The largest absolute Gasteiger partial charge is 0.353 e. The fourth-order valence-corrected chi connectivity index (χ4v) is 16.9. The Morgan fingerprint density at radius 2 is 0.475 bits per heavy atom. The SMILES string of the molecule is CCCC1=CC2=c3ccc(n3Cc3ccccc3)=c3cc(CCC)c([nH]3)=C(c3c(F)c(F)c(F)c(F)c3F)C3=NC(=c4ccc(n4Cc4ccccc4)=c4cc(CCC)c([nH]4)=C(c4c(F)c(F)c(F)c(F)c4F)C4=NC(=c5ccc(n5Cc5ccccc5)=c5cc(CCC)c([nH]5)=C(c5c(F)c(F)c(F)c(F)c5F)C1=N2)C=C4CCC)C=C3CCC. The number of aromatic amines is 3.